The smallest absolute Gasteiger partial charge is 0.0568 e. The quantitative estimate of drug-likeness (QED) is 0.687. The van der Waals surface area contributed by atoms with Crippen molar-refractivity contribution >= 4 is 0 Å². The lowest BCUT2D eigenvalue weighted by molar-refractivity contribution is 0.126. The topological polar surface area (TPSA) is 20.2 Å². The van der Waals surface area contributed by atoms with Crippen molar-refractivity contribution in [2.45, 2.75) is 58.5 Å². The first kappa shape index (κ1) is 10.0. The first-order valence-corrected chi connectivity index (χ1v) is 5.38. The Kier molecular flexibility index (Phi) is 4.07. The fourth-order valence-electron chi connectivity index (χ4n) is 2.14. The summed E-state index contributed by atoms with van der Waals surface area (Å²) in [4.78, 5) is 0. The summed E-state index contributed by atoms with van der Waals surface area (Å²) in [7, 11) is 0. The Morgan fingerprint density at radius 1 is 1.33 bits per heavy atom. The third kappa shape index (κ3) is 3.14. The van der Waals surface area contributed by atoms with E-state index in [2.05, 4.69) is 13.8 Å². The Hall–Kier alpha value is -0.0400. The van der Waals surface area contributed by atoms with Gasteiger partial charge in [-0.25, -0.2) is 0 Å². The van der Waals surface area contributed by atoms with Crippen LogP contribution >= 0.6 is 0 Å². The summed E-state index contributed by atoms with van der Waals surface area (Å²) in [6.07, 6.45) is 7.46. The summed E-state index contributed by atoms with van der Waals surface area (Å²) in [5, 5.41) is 9.55. The summed E-state index contributed by atoms with van der Waals surface area (Å²) >= 11 is 0. The van der Waals surface area contributed by atoms with Crippen LogP contribution in [0.15, 0.2) is 0 Å². The lowest BCUT2D eigenvalue weighted by Crippen LogP contribution is -2.12. The van der Waals surface area contributed by atoms with Crippen LogP contribution in [0.3, 0.4) is 0 Å². The van der Waals surface area contributed by atoms with Gasteiger partial charge < -0.3 is 5.11 Å². The van der Waals surface area contributed by atoms with Gasteiger partial charge in [0.2, 0.25) is 0 Å². The Morgan fingerprint density at radius 3 is 2.58 bits per heavy atom. The first-order valence-electron chi connectivity index (χ1n) is 5.38. The van der Waals surface area contributed by atoms with Gasteiger partial charge >= 0.3 is 0 Å². The van der Waals surface area contributed by atoms with Crippen LogP contribution in [0, 0.1) is 11.8 Å². The molecule has 1 rings (SSSR count). The van der Waals surface area contributed by atoms with Crippen molar-refractivity contribution in [2.75, 3.05) is 0 Å². The second kappa shape index (κ2) is 4.86. The molecule has 0 aromatic heterocycles. The maximum absolute atomic E-state index is 9.55. The van der Waals surface area contributed by atoms with Crippen molar-refractivity contribution in [1.29, 1.82) is 0 Å². The van der Waals surface area contributed by atoms with E-state index < -0.39 is 0 Å². The van der Waals surface area contributed by atoms with Gasteiger partial charge in [0.1, 0.15) is 0 Å². The molecular formula is C11H22O. The van der Waals surface area contributed by atoms with E-state index in [9.17, 15) is 5.11 Å². The molecule has 0 bridgehead atoms. The van der Waals surface area contributed by atoms with E-state index in [1.165, 1.54) is 32.1 Å². The van der Waals surface area contributed by atoms with E-state index in [1.807, 2.05) is 0 Å². The predicted molar refractivity (Wildman–Crippen MR) is 52.0 cm³/mol. The normalized spacial score (nSPS) is 30.0. The van der Waals surface area contributed by atoms with Crippen molar-refractivity contribution in [1.82, 2.24) is 0 Å². The third-order valence-electron chi connectivity index (χ3n) is 2.98. The second-order valence-electron chi connectivity index (χ2n) is 4.58. The van der Waals surface area contributed by atoms with Gasteiger partial charge in [0.05, 0.1) is 6.10 Å². The number of hydrogen-bond donors (Lipinski definition) is 1. The van der Waals surface area contributed by atoms with Crippen molar-refractivity contribution in [3.63, 3.8) is 0 Å². The average Bonchev–Trinajstić information content (AvgIpc) is 2.36. The highest BCUT2D eigenvalue weighted by Gasteiger charge is 2.24. The molecule has 0 radical (unpaired) electrons. The van der Waals surface area contributed by atoms with Crippen LogP contribution in [0.2, 0.25) is 0 Å². The monoisotopic (exact) mass is 170 g/mol. The molecule has 1 saturated carbocycles. The molecule has 0 aromatic carbocycles. The van der Waals surface area contributed by atoms with Gasteiger partial charge in [0, 0.05) is 0 Å². The molecule has 1 heteroatoms. The van der Waals surface area contributed by atoms with Crippen LogP contribution in [0.4, 0.5) is 0 Å². The standard InChI is InChI=1S/C11H22O/c1-9(2)5-3-6-10-7-4-8-11(10)12/h9-12H,3-8H2,1-2H3. The highest BCUT2D eigenvalue weighted by molar-refractivity contribution is 4.76. The minimum atomic E-state index is 0.0252. The van der Waals surface area contributed by atoms with Crippen molar-refractivity contribution in [2.24, 2.45) is 11.8 Å². The number of rotatable bonds is 4. The van der Waals surface area contributed by atoms with Crippen LogP contribution in [0.1, 0.15) is 52.4 Å². The van der Waals surface area contributed by atoms with Crippen molar-refractivity contribution in [3.8, 4) is 0 Å². The Morgan fingerprint density at radius 2 is 2.08 bits per heavy atom. The van der Waals surface area contributed by atoms with Crippen LogP contribution < -0.4 is 0 Å². The number of aliphatic hydroxyl groups excluding tert-OH is 1. The zero-order valence-corrected chi connectivity index (χ0v) is 8.42. The second-order valence-corrected chi connectivity index (χ2v) is 4.58. The van der Waals surface area contributed by atoms with Gasteiger partial charge in [0.25, 0.3) is 0 Å². The lowest BCUT2D eigenvalue weighted by atomic mass is 9.96. The molecule has 0 amide bonds. The van der Waals surface area contributed by atoms with Crippen LogP contribution in [0.5, 0.6) is 0 Å². The molecule has 72 valence electrons. The number of hydrogen-bond acceptors (Lipinski definition) is 1. The molecule has 1 N–H and O–H groups in total. The Balaban J connectivity index is 2.06. The minimum absolute atomic E-state index is 0.0252. The average molecular weight is 170 g/mol. The molecule has 1 aliphatic rings. The van der Waals surface area contributed by atoms with E-state index in [1.54, 1.807) is 0 Å². The Labute approximate surface area is 76.2 Å². The first-order chi connectivity index (χ1) is 5.70. The molecule has 1 nitrogen and oxygen atoms in total. The van der Waals surface area contributed by atoms with Crippen molar-refractivity contribution < 1.29 is 5.11 Å². The molecule has 1 aliphatic carbocycles. The molecule has 0 saturated heterocycles. The summed E-state index contributed by atoms with van der Waals surface area (Å²) < 4.78 is 0. The fourth-order valence-corrected chi connectivity index (χ4v) is 2.14. The maximum Gasteiger partial charge on any atom is 0.0568 e. The van der Waals surface area contributed by atoms with Crippen LogP contribution in [-0.2, 0) is 0 Å². The lowest BCUT2D eigenvalue weighted by Gasteiger charge is -2.14. The maximum atomic E-state index is 9.55. The summed E-state index contributed by atoms with van der Waals surface area (Å²) in [5.74, 6) is 1.45. The summed E-state index contributed by atoms with van der Waals surface area (Å²) in [5.41, 5.74) is 0. The van der Waals surface area contributed by atoms with Crippen LogP contribution in [-0.4, -0.2) is 11.2 Å². The Bertz CT molecular complexity index is 120. The van der Waals surface area contributed by atoms with Gasteiger partial charge in [-0.15, -0.1) is 0 Å². The molecule has 1 fully saturated rings. The van der Waals surface area contributed by atoms with Gasteiger partial charge in [-0.3, -0.25) is 0 Å². The van der Waals surface area contributed by atoms with E-state index in [0.29, 0.717) is 5.92 Å². The van der Waals surface area contributed by atoms with Crippen LogP contribution in [0.25, 0.3) is 0 Å². The largest absolute Gasteiger partial charge is 0.393 e. The minimum Gasteiger partial charge on any atom is -0.393 e. The predicted octanol–water partition coefficient (Wildman–Crippen LogP) is 2.97. The molecular weight excluding hydrogens is 148 g/mol. The fraction of sp³-hybridized carbons (Fsp3) is 1.00. The van der Waals surface area contributed by atoms with Gasteiger partial charge in [-0.2, -0.15) is 0 Å². The SMILES string of the molecule is CC(C)CCCC1CCCC1O. The molecule has 2 unspecified atom stereocenters. The van der Waals surface area contributed by atoms with Crippen molar-refractivity contribution in [3.05, 3.63) is 0 Å². The van der Waals surface area contributed by atoms with Gasteiger partial charge in [0.15, 0.2) is 0 Å². The summed E-state index contributed by atoms with van der Waals surface area (Å²) in [6.45, 7) is 4.54. The molecule has 0 aromatic rings. The zero-order valence-electron chi connectivity index (χ0n) is 8.42. The van der Waals surface area contributed by atoms with Gasteiger partial charge in [-0.05, 0) is 31.1 Å². The highest BCUT2D eigenvalue weighted by Crippen LogP contribution is 2.29. The molecule has 12 heavy (non-hydrogen) atoms. The van der Waals surface area contributed by atoms with E-state index >= 15 is 0 Å². The summed E-state index contributed by atoms with van der Waals surface area (Å²) in [6, 6.07) is 0. The zero-order chi connectivity index (χ0) is 8.97. The van der Waals surface area contributed by atoms with E-state index in [-0.39, 0.29) is 6.10 Å². The highest BCUT2D eigenvalue weighted by atomic mass is 16.3. The molecule has 0 heterocycles. The molecule has 0 aliphatic heterocycles. The van der Waals surface area contributed by atoms with E-state index in [4.69, 9.17) is 0 Å². The molecule has 2 atom stereocenters. The third-order valence-corrected chi connectivity index (χ3v) is 2.98. The number of aliphatic hydroxyl groups is 1. The van der Waals surface area contributed by atoms with E-state index in [0.717, 1.165) is 12.3 Å². The van der Waals surface area contributed by atoms with Gasteiger partial charge in [-0.1, -0.05) is 33.1 Å². The molecule has 0 spiro atoms.